The molecule has 0 aliphatic rings. The second kappa shape index (κ2) is 69.4. The van der Waals surface area contributed by atoms with Crippen LogP contribution < -0.4 is 0 Å². The van der Waals surface area contributed by atoms with Gasteiger partial charge in [0.05, 0.1) is 0 Å². The van der Waals surface area contributed by atoms with Crippen LogP contribution in [0, 0.1) is 0 Å². The monoisotopic (exact) mass is 1130 g/mol. The SMILES string of the molecule is CCCCC/C=C\C/C=C\CCCCCCCC(=O)OCC(COC(=O)CCCCCCCCCCCCCCCCCCCCCCCCCCCCCCCC)OC(=O)CCCCCCCCCCCCCCCCCCC. The highest BCUT2D eigenvalue weighted by Crippen LogP contribution is 2.19. The van der Waals surface area contributed by atoms with Crippen LogP contribution >= 0.6 is 0 Å². The lowest BCUT2D eigenvalue weighted by Gasteiger charge is -2.18. The van der Waals surface area contributed by atoms with Crippen molar-refractivity contribution in [2.75, 3.05) is 13.2 Å². The Hall–Kier alpha value is -2.11. The molecule has 80 heavy (non-hydrogen) atoms. The van der Waals surface area contributed by atoms with Gasteiger partial charge < -0.3 is 14.2 Å². The lowest BCUT2D eigenvalue weighted by molar-refractivity contribution is -0.167. The van der Waals surface area contributed by atoms with Crippen molar-refractivity contribution >= 4 is 17.9 Å². The molecule has 0 saturated heterocycles. The van der Waals surface area contributed by atoms with Gasteiger partial charge in [-0.3, -0.25) is 14.4 Å². The fourth-order valence-electron chi connectivity index (χ4n) is 11.2. The predicted molar refractivity (Wildman–Crippen MR) is 349 cm³/mol. The highest BCUT2D eigenvalue weighted by molar-refractivity contribution is 5.71. The lowest BCUT2D eigenvalue weighted by Crippen LogP contribution is -2.30. The minimum Gasteiger partial charge on any atom is -0.462 e. The summed E-state index contributed by atoms with van der Waals surface area (Å²) in [5.41, 5.74) is 0. The number of hydrogen-bond acceptors (Lipinski definition) is 6. The number of allylic oxidation sites excluding steroid dienone is 4. The Morgan fingerprint density at radius 1 is 0.250 bits per heavy atom. The first-order valence-corrected chi connectivity index (χ1v) is 36.3. The number of rotatable bonds is 68. The zero-order valence-corrected chi connectivity index (χ0v) is 54.4. The van der Waals surface area contributed by atoms with Gasteiger partial charge in [-0.2, -0.15) is 0 Å². The van der Waals surface area contributed by atoms with Gasteiger partial charge in [0.25, 0.3) is 0 Å². The zero-order chi connectivity index (χ0) is 57.8. The molecular formula is C74H140O6. The van der Waals surface area contributed by atoms with Crippen LogP contribution in [0.25, 0.3) is 0 Å². The molecule has 0 rings (SSSR count). The van der Waals surface area contributed by atoms with Crippen LogP contribution in [0.15, 0.2) is 24.3 Å². The molecule has 1 atom stereocenters. The van der Waals surface area contributed by atoms with E-state index in [-0.39, 0.29) is 31.1 Å². The summed E-state index contributed by atoms with van der Waals surface area (Å²) in [4.78, 5) is 38.4. The topological polar surface area (TPSA) is 78.9 Å². The van der Waals surface area contributed by atoms with Crippen molar-refractivity contribution in [1.82, 2.24) is 0 Å². The third-order valence-corrected chi connectivity index (χ3v) is 16.7. The van der Waals surface area contributed by atoms with Crippen molar-refractivity contribution in [2.24, 2.45) is 0 Å². The molecule has 0 aromatic rings. The quantitative estimate of drug-likeness (QED) is 0.0261. The maximum absolute atomic E-state index is 12.9. The van der Waals surface area contributed by atoms with Crippen molar-refractivity contribution in [3.8, 4) is 0 Å². The normalized spacial score (nSPS) is 12.1. The third kappa shape index (κ3) is 66.7. The summed E-state index contributed by atoms with van der Waals surface area (Å²) in [6.45, 7) is 6.69. The predicted octanol–water partition coefficient (Wildman–Crippen LogP) is 25.0. The molecule has 0 aromatic heterocycles. The molecule has 472 valence electrons. The van der Waals surface area contributed by atoms with Gasteiger partial charge in [0, 0.05) is 19.3 Å². The molecule has 0 spiro atoms. The molecule has 0 aliphatic carbocycles. The molecular weight excluding hydrogens is 985 g/mol. The smallest absolute Gasteiger partial charge is 0.306 e. The van der Waals surface area contributed by atoms with Gasteiger partial charge in [-0.15, -0.1) is 0 Å². The Bertz CT molecular complexity index is 1290. The molecule has 6 heteroatoms. The number of carbonyl (C=O) groups excluding carboxylic acids is 3. The van der Waals surface area contributed by atoms with Gasteiger partial charge in [-0.25, -0.2) is 0 Å². The molecule has 1 unspecified atom stereocenters. The van der Waals surface area contributed by atoms with E-state index in [9.17, 15) is 14.4 Å². The maximum atomic E-state index is 12.9. The molecule has 0 radical (unpaired) electrons. The number of esters is 3. The van der Waals surface area contributed by atoms with E-state index in [0.717, 1.165) is 77.0 Å². The Balaban J connectivity index is 4.16. The number of hydrogen-bond donors (Lipinski definition) is 0. The summed E-state index contributed by atoms with van der Waals surface area (Å²) in [5.74, 6) is -0.851. The van der Waals surface area contributed by atoms with E-state index in [1.54, 1.807) is 0 Å². The Labute approximate surface area is 500 Å². The van der Waals surface area contributed by atoms with Crippen LogP contribution in [0.3, 0.4) is 0 Å². The summed E-state index contributed by atoms with van der Waals surface area (Å²) >= 11 is 0. The van der Waals surface area contributed by atoms with Gasteiger partial charge >= 0.3 is 17.9 Å². The van der Waals surface area contributed by atoms with E-state index in [1.807, 2.05) is 0 Å². The highest BCUT2D eigenvalue weighted by atomic mass is 16.6. The molecule has 0 aliphatic heterocycles. The molecule has 0 saturated carbocycles. The molecule has 0 aromatic carbocycles. The van der Waals surface area contributed by atoms with E-state index in [4.69, 9.17) is 14.2 Å². The van der Waals surface area contributed by atoms with Crippen molar-refractivity contribution in [3.63, 3.8) is 0 Å². The van der Waals surface area contributed by atoms with Crippen LogP contribution in [-0.4, -0.2) is 37.2 Å². The standard InChI is InChI=1S/C74H140O6/c1-4-7-10-13-16-19-22-25-28-30-31-32-33-34-35-36-37-38-39-40-41-42-44-46-49-52-55-58-61-64-67-73(76)79-70-71(69-78-72(75)66-63-60-57-54-51-48-45-27-24-21-18-15-12-9-6-3)80-74(77)68-65-62-59-56-53-50-47-43-29-26-23-20-17-14-11-8-5-2/h18,21,27,45,71H,4-17,19-20,22-26,28-44,46-70H2,1-3H3/b21-18-,45-27-. The summed E-state index contributed by atoms with van der Waals surface area (Å²) in [7, 11) is 0. The fourth-order valence-corrected chi connectivity index (χ4v) is 11.2. The Morgan fingerprint density at radius 2 is 0.450 bits per heavy atom. The summed E-state index contributed by atoms with van der Waals surface area (Å²) in [6.07, 6.45) is 85.1. The largest absolute Gasteiger partial charge is 0.462 e. The lowest BCUT2D eigenvalue weighted by atomic mass is 10.0. The second-order valence-electron chi connectivity index (χ2n) is 24.9. The third-order valence-electron chi connectivity index (χ3n) is 16.7. The molecule has 0 amide bonds. The van der Waals surface area contributed by atoms with E-state index in [2.05, 4.69) is 45.1 Å². The van der Waals surface area contributed by atoms with E-state index in [0.29, 0.717) is 19.3 Å². The van der Waals surface area contributed by atoms with Crippen molar-refractivity contribution < 1.29 is 28.6 Å². The van der Waals surface area contributed by atoms with Gasteiger partial charge in [-0.05, 0) is 51.4 Å². The molecule has 0 fully saturated rings. The Kier molecular flexibility index (Phi) is 67.6. The van der Waals surface area contributed by atoms with E-state index >= 15 is 0 Å². The van der Waals surface area contributed by atoms with Crippen molar-refractivity contribution in [1.29, 1.82) is 0 Å². The molecule has 6 nitrogen and oxygen atoms in total. The number of unbranched alkanes of at least 4 members (excludes halogenated alkanes) is 53. The average Bonchev–Trinajstić information content (AvgIpc) is 3.46. The summed E-state index contributed by atoms with van der Waals surface area (Å²) in [5, 5.41) is 0. The van der Waals surface area contributed by atoms with Crippen LogP contribution in [0.4, 0.5) is 0 Å². The average molecular weight is 1130 g/mol. The minimum atomic E-state index is -0.774. The first-order chi connectivity index (χ1) is 39.5. The van der Waals surface area contributed by atoms with Gasteiger partial charge in [0.15, 0.2) is 6.10 Å². The van der Waals surface area contributed by atoms with Gasteiger partial charge in [-0.1, -0.05) is 366 Å². The summed E-state index contributed by atoms with van der Waals surface area (Å²) in [6, 6.07) is 0. The first-order valence-electron chi connectivity index (χ1n) is 36.3. The highest BCUT2D eigenvalue weighted by Gasteiger charge is 2.19. The van der Waals surface area contributed by atoms with Crippen LogP contribution in [-0.2, 0) is 28.6 Å². The number of carbonyl (C=O) groups is 3. The van der Waals surface area contributed by atoms with Crippen molar-refractivity contribution in [2.45, 2.75) is 419 Å². The number of ether oxygens (including phenoxy) is 3. The van der Waals surface area contributed by atoms with Gasteiger partial charge in [0.2, 0.25) is 0 Å². The second-order valence-corrected chi connectivity index (χ2v) is 24.9. The molecule has 0 heterocycles. The van der Waals surface area contributed by atoms with Crippen molar-refractivity contribution in [3.05, 3.63) is 24.3 Å². The zero-order valence-electron chi connectivity index (χ0n) is 54.4. The van der Waals surface area contributed by atoms with E-state index in [1.165, 1.54) is 295 Å². The van der Waals surface area contributed by atoms with Crippen LogP contribution in [0.1, 0.15) is 412 Å². The fraction of sp³-hybridized carbons (Fsp3) is 0.905. The van der Waals surface area contributed by atoms with Crippen LogP contribution in [0.5, 0.6) is 0 Å². The molecule has 0 bridgehead atoms. The first kappa shape index (κ1) is 77.9. The van der Waals surface area contributed by atoms with Gasteiger partial charge in [0.1, 0.15) is 13.2 Å². The van der Waals surface area contributed by atoms with Crippen LogP contribution in [0.2, 0.25) is 0 Å². The van der Waals surface area contributed by atoms with E-state index < -0.39 is 6.10 Å². The summed E-state index contributed by atoms with van der Waals surface area (Å²) < 4.78 is 17.0. The maximum Gasteiger partial charge on any atom is 0.306 e. The minimum absolute atomic E-state index is 0.0693. The Morgan fingerprint density at radius 3 is 0.713 bits per heavy atom. The molecule has 0 N–H and O–H groups in total.